The highest BCUT2D eigenvalue weighted by atomic mass is 79.9. The molecule has 17 heavy (non-hydrogen) atoms. The molecule has 2 rings (SSSR count). The van der Waals surface area contributed by atoms with E-state index in [2.05, 4.69) is 26.2 Å². The van der Waals surface area contributed by atoms with E-state index < -0.39 is 0 Å². The Hall–Kier alpha value is -1.49. The van der Waals surface area contributed by atoms with Crippen molar-refractivity contribution in [1.29, 1.82) is 0 Å². The molecule has 0 spiro atoms. The van der Waals surface area contributed by atoms with Gasteiger partial charge in [0.2, 0.25) is 0 Å². The van der Waals surface area contributed by atoms with E-state index in [-0.39, 0.29) is 0 Å². The van der Waals surface area contributed by atoms with Crippen LogP contribution in [0.25, 0.3) is 10.8 Å². The molecule has 90 valence electrons. The number of halogens is 1. The molecule has 0 saturated heterocycles. The summed E-state index contributed by atoms with van der Waals surface area (Å²) in [5, 5.41) is 4.99. The van der Waals surface area contributed by atoms with Crippen LogP contribution in [0.3, 0.4) is 0 Å². The summed E-state index contributed by atoms with van der Waals surface area (Å²) in [6, 6.07) is 3.82. The van der Waals surface area contributed by atoms with Gasteiger partial charge >= 0.3 is 0 Å². The van der Waals surface area contributed by atoms with Crippen LogP contribution >= 0.6 is 15.9 Å². The van der Waals surface area contributed by atoms with E-state index in [4.69, 9.17) is 9.47 Å². The molecule has 0 radical (unpaired) electrons. The van der Waals surface area contributed by atoms with E-state index in [1.165, 1.54) is 0 Å². The van der Waals surface area contributed by atoms with Crippen molar-refractivity contribution < 1.29 is 9.47 Å². The van der Waals surface area contributed by atoms with Crippen molar-refractivity contribution >= 4 is 32.5 Å². The van der Waals surface area contributed by atoms with Gasteiger partial charge in [0.05, 0.1) is 19.6 Å². The van der Waals surface area contributed by atoms with Crippen LogP contribution in [0.4, 0.5) is 5.82 Å². The average Bonchev–Trinajstić information content (AvgIpc) is 2.37. The third kappa shape index (κ3) is 1.91. The van der Waals surface area contributed by atoms with Crippen LogP contribution in [0, 0.1) is 0 Å². The molecular formula is C12H13BrN2O2. The number of pyridine rings is 1. The minimum absolute atomic E-state index is 0.677. The van der Waals surface area contributed by atoms with Crippen LogP contribution < -0.4 is 14.8 Å². The maximum atomic E-state index is 5.42. The minimum Gasteiger partial charge on any atom is -0.493 e. The second kappa shape index (κ2) is 4.79. The summed E-state index contributed by atoms with van der Waals surface area (Å²) in [7, 11) is 5.07. The van der Waals surface area contributed by atoms with E-state index in [1.54, 1.807) is 20.4 Å². The normalized spacial score (nSPS) is 10.4. The summed E-state index contributed by atoms with van der Waals surface area (Å²) in [6.45, 7) is 0. The van der Waals surface area contributed by atoms with Gasteiger partial charge in [0.25, 0.3) is 0 Å². The Morgan fingerprint density at radius 1 is 1.29 bits per heavy atom. The van der Waals surface area contributed by atoms with Crippen molar-refractivity contribution in [2.75, 3.05) is 26.6 Å². The number of hydrogen-bond acceptors (Lipinski definition) is 4. The van der Waals surface area contributed by atoms with Gasteiger partial charge in [-0.25, -0.2) is 4.98 Å². The Bertz CT molecular complexity index is 558. The molecule has 0 unspecified atom stereocenters. The molecule has 0 fully saturated rings. The molecule has 2 aromatic rings. The summed E-state index contributed by atoms with van der Waals surface area (Å²) >= 11 is 3.52. The zero-order valence-corrected chi connectivity index (χ0v) is 11.5. The smallest absolute Gasteiger partial charge is 0.172 e. The molecule has 0 atom stereocenters. The van der Waals surface area contributed by atoms with Crippen molar-refractivity contribution in [1.82, 2.24) is 4.98 Å². The van der Waals surface area contributed by atoms with Crippen LogP contribution in [-0.2, 0) is 0 Å². The van der Waals surface area contributed by atoms with Crippen LogP contribution in [0.15, 0.2) is 22.8 Å². The largest absolute Gasteiger partial charge is 0.493 e. The van der Waals surface area contributed by atoms with Crippen molar-refractivity contribution in [3.8, 4) is 11.5 Å². The van der Waals surface area contributed by atoms with E-state index in [0.29, 0.717) is 11.5 Å². The Kier molecular flexibility index (Phi) is 3.38. The highest BCUT2D eigenvalue weighted by Crippen LogP contribution is 2.42. The monoisotopic (exact) mass is 296 g/mol. The first-order valence-electron chi connectivity index (χ1n) is 5.09. The first-order valence-corrected chi connectivity index (χ1v) is 5.89. The summed E-state index contributed by atoms with van der Waals surface area (Å²) in [5.74, 6) is 2.12. The Morgan fingerprint density at radius 3 is 2.65 bits per heavy atom. The van der Waals surface area contributed by atoms with Gasteiger partial charge in [0.15, 0.2) is 11.5 Å². The fourth-order valence-electron chi connectivity index (χ4n) is 1.82. The van der Waals surface area contributed by atoms with Crippen LogP contribution in [0.5, 0.6) is 11.5 Å². The van der Waals surface area contributed by atoms with Crippen LogP contribution in [0.2, 0.25) is 0 Å². The van der Waals surface area contributed by atoms with Crippen molar-refractivity contribution in [2.45, 2.75) is 0 Å². The van der Waals surface area contributed by atoms with Crippen molar-refractivity contribution in [3.05, 3.63) is 22.8 Å². The zero-order valence-electron chi connectivity index (χ0n) is 9.87. The number of anilines is 1. The lowest BCUT2D eigenvalue weighted by Crippen LogP contribution is -1.98. The highest BCUT2D eigenvalue weighted by Gasteiger charge is 2.15. The lowest BCUT2D eigenvalue weighted by atomic mass is 10.1. The van der Waals surface area contributed by atoms with Gasteiger partial charge < -0.3 is 14.8 Å². The van der Waals surface area contributed by atoms with Gasteiger partial charge in [-0.1, -0.05) is 15.9 Å². The Balaban J connectivity index is 2.92. The first kappa shape index (κ1) is 12.0. The van der Waals surface area contributed by atoms with E-state index in [1.807, 2.05) is 19.2 Å². The van der Waals surface area contributed by atoms with Gasteiger partial charge in [-0.2, -0.15) is 0 Å². The third-order valence-electron chi connectivity index (χ3n) is 2.58. The zero-order chi connectivity index (χ0) is 12.4. The van der Waals surface area contributed by atoms with E-state index in [0.717, 1.165) is 21.1 Å². The van der Waals surface area contributed by atoms with E-state index >= 15 is 0 Å². The Morgan fingerprint density at radius 2 is 2.06 bits per heavy atom. The molecular weight excluding hydrogens is 284 g/mol. The lowest BCUT2D eigenvalue weighted by molar-refractivity contribution is 0.358. The average molecular weight is 297 g/mol. The van der Waals surface area contributed by atoms with Crippen molar-refractivity contribution in [2.24, 2.45) is 0 Å². The maximum absolute atomic E-state index is 5.42. The second-order valence-corrected chi connectivity index (χ2v) is 4.28. The number of rotatable bonds is 3. The lowest BCUT2D eigenvalue weighted by Gasteiger charge is -2.14. The number of benzene rings is 1. The minimum atomic E-state index is 0.677. The third-order valence-corrected chi connectivity index (χ3v) is 3.23. The summed E-state index contributed by atoms with van der Waals surface area (Å²) in [4.78, 5) is 4.28. The van der Waals surface area contributed by atoms with Gasteiger partial charge in [-0.15, -0.1) is 0 Å². The van der Waals surface area contributed by atoms with Crippen LogP contribution in [-0.4, -0.2) is 26.3 Å². The molecule has 0 aliphatic heterocycles. The molecule has 0 bridgehead atoms. The topological polar surface area (TPSA) is 43.4 Å². The molecule has 0 amide bonds. The molecule has 5 heteroatoms. The molecule has 1 N–H and O–H groups in total. The molecule has 0 saturated carbocycles. The molecule has 0 aliphatic rings. The van der Waals surface area contributed by atoms with Gasteiger partial charge in [0.1, 0.15) is 5.82 Å². The predicted octanol–water partition coefficient (Wildman–Crippen LogP) is 3.06. The number of methoxy groups -OCH3 is 2. The van der Waals surface area contributed by atoms with Crippen LogP contribution in [0.1, 0.15) is 0 Å². The number of nitrogens with zero attached hydrogens (tertiary/aromatic N) is 1. The second-order valence-electron chi connectivity index (χ2n) is 3.43. The van der Waals surface area contributed by atoms with Gasteiger partial charge in [-0.05, 0) is 12.1 Å². The highest BCUT2D eigenvalue weighted by molar-refractivity contribution is 9.10. The number of nitrogens with one attached hydrogen (secondary N) is 1. The fraction of sp³-hybridized carbons (Fsp3) is 0.250. The van der Waals surface area contributed by atoms with E-state index in [9.17, 15) is 0 Å². The molecule has 0 aliphatic carbocycles. The molecule has 1 heterocycles. The van der Waals surface area contributed by atoms with Crippen molar-refractivity contribution in [3.63, 3.8) is 0 Å². The standard InChI is InChI=1S/C12H13BrN2O2/c1-14-12-10-7(4-5-15-12)8(13)6-9(16-2)11(10)17-3/h4-6H,1-3H3,(H,14,15). The molecule has 4 nitrogen and oxygen atoms in total. The number of ether oxygens (including phenoxy) is 2. The van der Waals surface area contributed by atoms with Gasteiger partial charge in [-0.3, -0.25) is 0 Å². The quantitative estimate of drug-likeness (QED) is 0.945. The maximum Gasteiger partial charge on any atom is 0.172 e. The fourth-order valence-corrected chi connectivity index (χ4v) is 2.35. The summed E-state index contributed by atoms with van der Waals surface area (Å²) in [6.07, 6.45) is 1.75. The summed E-state index contributed by atoms with van der Waals surface area (Å²) in [5.41, 5.74) is 0. The molecule has 1 aromatic carbocycles. The number of aromatic nitrogens is 1. The summed E-state index contributed by atoms with van der Waals surface area (Å²) < 4.78 is 11.7. The predicted molar refractivity (Wildman–Crippen MR) is 72.1 cm³/mol. The molecule has 1 aromatic heterocycles. The SMILES string of the molecule is CNc1nccc2c(Br)cc(OC)c(OC)c12. The number of hydrogen-bond donors (Lipinski definition) is 1. The first-order chi connectivity index (χ1) is 8.22. The van der Waals surface area contributed by atoms with Gasteiger partial charge in [0, 0.05) is 23.1 Å². The Labute approximate surface area is 108 Å². The number of fused-ring (bicyclic) bond motifs is 1.